The highest BCUT2D eigenvalue weighted by atomic mass is 19.2. The molecule has 4 nitrogen and oxygen atoms in total. The Bertz CT molecular complexity index is 3420. The van der Waals surface area contributed by atoms with Crippen LogP contribution in [0, 0.1) is 30.2 Å². The quantitative estimate of drug-likeness (QED) is 0.0443. The van der Waals surface area contributed by atoms with Crippen molar-refractivity contribution in [3.05, 3.63) is 265 Å². The number of allylic oxidation sites excluding steroid dienone is 9. The Morgan fingerprint density at radius 3 is 1.56 bits per heavy atom. The van der Waals surface area contributed by atoms with Crippen molar-refractivity contribution in [2.24, 2.45) is 0 Å². The molecule has 0 atom stereocenters. The van der Waals surface area contributed by atoms with E-state index in [1.807, 2.05) is 134 Å². The average molecular weight is 1020 g/mol. The minimum atomic E-state index is -2.17. The summed E-state index contributed by atoms with van der Waals surface area (Å²) in [6.07, 6.45) is 9.58. The smallest absolute Gasteiger partial charge is 0.197 e. The summed E-state index contributed by atoms with van der Waals surface area (Å²) in [6.45, 7) is 11.7. The highest BCUT2D eigenvalue weighted by Crippen LogP contribution is 2.41. The summed E-state index contributed by atoms with van der Waals surface area (Å²) in [5.74, 6) is -13.4. The lowest BCUT2D eigenvalue weighted by molar-refractivity contribution is 0.431. The predicted molar refractivity (Wildman–Crippen MR) is 285 cm³/mol. The zero-order valence-electron chi connectivity index (χ0n) is 41.4. The van der Waals surface area contributed by atoms with Gasteiger partial charge in [-0.25, -0.2) is 39.5 Å². The van der Waals surface area contributed by atoms with Crippen LogP contribution in [-0.2, 0) is 0 Å². The van der Waals surface area contributed by atoms with E-state index in [1.54, 1.807) is 60.9 Å². The fourth-order valence-corrected chi connectivity index (χ4v) is 8.49. The van der Waals surface area contributed by atoms with Crippen LogP contribution in [0.25, 0.3) is 44.9 Å². The standard InChI is InChI=1S/C60H43F9N4.C2H6/c1-5-10-43(11-6-2)71(47-26-18-41(19-27-47)53(38(4)62)58(67)57(66)50(63)36-61)45-22-14-39(15-23-45)51-30-31-52(73(51)44-12-8-7-9-13-44)40-16-24-46(25-17-40)72(49-32-34-70-35-33-49)48-28-20-42(21-29-48)54-55(64)37(3)56(65)60(69)59(54)68;1-2/h5-36H,1H2,2-4H3;1-2H3/b11-6-,43-10+,50-36-,53-38+,58-57-;. The van der Waals surface area contributed by atoms with Gasteiger partial charge in [-0.15, -0.1) is 0 Å². The van der Waals surface area contributed by atoms with Crippen molar-refractivity contribution in [1.82, 2.24) is 9.55 Å². The maximum absolute atomic E-state index is 15.2. The number of rotatable bonds is 15. The molecule has 0 N–H and O–H groups in total. The Labute approximate surface area is 430 Å². The van der Waals surface area contributed by atoms with Gasteiger partial charge < -0.3 is 14.4 Å². The molecule has 0 bridgehead atoms. The maximum atomic E-state index is 15.2. The summed E-state index contributed by atoms with van der Waals surface area (Å²) in [4.78, 5) is 7.96. The number of pyridine rings is 1. The minimum Gasteiger partial charge on any atom is -0.311 e. The van der Waals surface area contributed by atoms with E-state index in [1.165, 1.54) is 24.3 Å². The fraction of sp³-hybridized carbons (Fsp3) is 0.0806. The van der Waals surface area contributed by atoms with Gasteiger partial charge >= 0.3 is 0 Å². The number of aromatic nitrogens is 2. The van der Waals surface area contributed by atoms with Gasteiger partial charge in [0.15, 0.2) is 34.9 Å². The number of benzene rings is 6. The molecule has 2 aromatic heterocycles. The SMILES string of the molecule is C=C/C=C(\C=C/C)N(c1ccc(C(/C(F)=C(F)\C(F)=C\F)=C(/C)F)cc1)c1ccc(-c2ccc(-c3ccc(N(c4ccncc4)c4ccc(-c5c(F)c(C)c(F)c(F)c5F)cc4)cc3)n2-c2ccccc2)cc1.CC. The first-order valence-corrected chi connectivity index (χ1v) is 23.6. The summed E-state index contributed by atoms with van der Waals surface area (Å²) in [6, 6.07) is 45.0. The van der Waals surface area contributed by atoms with E-state index in [0.717, 1.165) is 53.4 Å². The molecule has 0 spiro atoms. The van der Waals surface area contributed by atoms with Crippen LogP contribution in [0.15, 0.2) is 230 Å². The van der Waals surface area contributed by atoms with E-state index in [2.05, 4.69) is 16.1 Å². The molecule has 0 saturated carbocycles. The van der Waals surface area contributed by atoms with Crippen LogP contribution in [0.4, 0.5) is 68.0 Å². The van der Waals surface area contributed by atoms with Gasteiger partial charge in [-0.1, -0.05) is 99.3 Å². The zero-order chi connectivity index (χ0) is 53.9. The summed E-state index contributed by atoms with van der Waals surface area (Å²) in [5.41, 5.74) is 6.03. The first kappa shape index (κ1) is 53.9. The second-order valence-corrected chi connectivity index (χ2v) is 16.4. The number of para-hydroxylation sites is 1. The van der Waals surface area contributed by atoms with Crippen LogP contribution in [0.2, 0.25) is 0 Å². The van der Waals surface area contributed by atoms with Crippen molar-refractivity contribution in [2.75, 3.05) is 9.80 Å². The lowest BCUT2D eigenvalue weighted by atomic mass is 10.00. The summed E-state index contributed by atoms with van der Waals surface area (Å²) < 4.78 is 131. The van der Waals surface area contributed by atoms with Gasteiger partial charge in [0.2, 0.25) is 0 Å². The van der Waals surface area contributed by atoms with Gasteiger partial charge in [-0.2, -0.15) is 0 Å². The molecular weight excluding hydrogens is 972 g/mol. The number of hydrogen-bond donors (Lipinski definition) is 0. The van der Waals surface area contributed by atoms with Gasteiger partial charge in [0.25, 0.3) is 0 Å². The molecule has 8 aromatic rings. The number of nitrogens with zero attached hydrogens (tertiary/aromatic N) is 4. The lowest BCUT2D eigenvalue weighted by Crippen LogP contribution is -2.15. The number of halogens is 9. The van der Waals surface area contributed by atoms with Crippen LogP contribution in [-0.4, -0.2) is 9.55 Å². The Balaban J connectivity index is 0.00000405. The van der Waals surface area contributed by atoms with Crippen molar-refractivity contribution in [1.29, 1.82) is 0 Å². The van der Waals surface area contributed by atoms with Gasteiger partial charge in [0, 0.05) is 57.8 Å². The molecule has 0 aliphatic carbocycles. The van der Waals surface area contributed by atoms with Crippen molar-refractivity contribution < 1.29 is 39.5 Å². The molecular formula is C62H49F9N4. The fourth-order valence-electron chi connectivity index (χ4n) is 8.49. The third kappa shape index (κ3) is 11.2. The van der Waals surface area contributed by atoms with Gasteiger partial charge in [-0.3, -0.25) is 4.98 Å². The molecule has 0 aliphatic rings. The molecule has 0 unspecified atom stereocenters. The Morgan fingerprint density at radius 2 is 1.07 bits per heavy atom. The second-order valence-electron chi connectivity index (χ2n) is 16.4. The third-order valence-corrected chi connectivity index (χ3v) is 11.9. The first-order chi connectivity index (χ1) is 36.3. The number of anilines is 5. The summed E-state index contributed by atoms with van der Waals surface area (Å²) in [5, 5.41) is 0. The van der Waals surface area contributed by atoms with Gasteiger partial charge in [0.1, 0.15) is 18.0 Å². The van der Waals surface area contributed by atoms with Crippen LogP contribution in [0.3, 0.4) is 0 Å². The monoisotopic (exact) mass is 1020 g/mol. The average Bonchev–Trinajstić information content (AvgIpc) is 3.90. The molecule has 0 amide bonds. The minimum absolute atomic E-state index is 0.0276. The molecule has 6 aromatic carbocycles. The first-order valence-electron chi connectivity index (χ1n) is 23.6. The summed E-state index contributed by atoms with van der Waals surface area (Å²) >= 11 is 0. The maximum Gasteiger partial charge on any atom is 0.197 e. The predicted octanol–water partition coefficient (Wildman–Crippen LogP) is 19.6. The van der Waals surface area contributed by atoms with Crippen molar-refractivity contribution in [2.45, 2.75) is 34.6 Å². The van der Waals surface area contributed by atoms with Gasteiger partial charge in [-0.05, 0) is 140 Å². The van der Waals surface area contributed by atoms with Crippen molar-refractivity contribution in [3.63, 3.8) is 0 Å². The third-order valence-electron chi connectivity index (χ3n) is 11.9. The van der Waals surface area contributed by atoms with Crippen LogP contribution < -0.4 is 9.80 Å². The molecule has 75 heavy (non-hydrogen) atoms. The lowest BCUT2D eigenvalue weighted by Gasteiger charge is -2.27. The molecule has 2 heterocycles. The molecule has 0 fully saturated rings. The van der Waals surface area contributed by atoms with Crippen LogP contribution >= 0.6 is 0 Å². The van der Waals surface area contributed by atoms with E-state index in [-0.39, 0.29) is 11.1 Å². The molecule has 380 valence electrons. The Kier molecular flexibility index (Phi) is 17.4. The molecule has 13 heteroatoms. The van der Waals surface area contributed by atoms with Gasteiger partial charge in [0.05, 0.1) is 22.5 Å². The van der Waals surface area contributed by atoms with E-state index in [4.69, 9.17) is 0 Å². The van der Waals surface area contributed by atoms with Crippen molar-refractivity contribution in [3.8, 4) is 39.3 Å². The molecule has 0 aliphatic heterocycles. The highest BCUT2D eigenvalue weighted by molar-refractivity contribution is 5.83. The van der Waals surface area contributed by atoms with Crippen molar-refractivity contribution >= 4 is 34.0 Å². The molecule has 0 saturated heterocycles. The highest BCUT2D eigenvalue weighted by Gasteiger charge is 2.26. The van der Waals surface area contributed by atoms with Crippen LogP contribution in [0.5, 0.6) is 0 Å². The normalized spacial score (nSPS) is 12.5. The Morgan fingerprint density at radius 1 is 0.573 bits per heavy atom. The second kappa shape index (κ2) is 24.3. The topological polar surface area (TPSA) is 24.3 Å². The van der Waals surface area contributed by atoms with E-state index in [9.17, 15) is 30.7 Å². The largest absolute Gasteiger partial charge is 0.311 e. The summed E-state index contributed by atoms with van der Waals surface area (Å²) in [7, 11) is 0. The Hall–Kier alpha value is -8.84. The molecule has 0 radical (unpaired) electrons. The van der Waals surface area contributed by atoms with E-state index in [0.29, 0.717) is 22.8 Å². The van der Waals surface area contributed by atoms with E-state index < -0.39 is 69.6 Å². The zero-order valence-corrected chi connectivity index (χ0v) is 41.4. The van der Waals surface area contributed by atoms with E-state index >= 15 is 8.78 Å². The molecule has 8 rings (SSSR count). The van der Waals surface area contributed by atoms with Crippen LogP contribution in [0.1, 0.15) is 38.8 Å². The number of hydrogen-bond acceptors (Lipinski definition) is 3.